The van der Waals surface area contributed by atoms with Gasteiger partial charge in [0.25, 0.3) is 0 Å². The molecule has 106 valence electrons. The number of hydrogen-bond acceptors (Lipinski definition) is 3. The summed E-state index contributed by atoms with van der Waals surface area (Å²) in [7, 11) is 0. The highest BCUT2D eigenvalue weighted by Crippen LogP contribution is 2.31. The van der Waals surface area contributed by atoms with E-state index < -0.39 is 0 Å². The van der Waals surface area contributed by atoms with Crippen LogP contribution < -0.4 is 10.2 Å². The Kier molecular flexibility index (Phi) is 5.60. The van der Waals surface area contributed by atoms with Gasteiger partial charge in [-0.25, -0.2) is 0 Å². The van der Waals surface area contributed by atoms with E-state index in [2.05, 4.69) is 76.9 Å². The SMILES string of the molecule is CCNCc1ccc(N2CCSC(C)C2C)cc1Br. The highest BCUT2D eigenvalue weighted by atomic mass is 79.9. The molecule has 2 atom stereocenters. The molecule has 2 rings (SSSR count). The topological polar surface area (TPSA) is 15.3 Å². The number of hydrogen-bond donors (Lipinski definition) is 1. The fourth-order valence-corrected chi connectivity index (χ4v) is 4.02. The summed E-state index contributed by atoms with van der Waals surface area (Å²) in [4.78, 5) is 2.53. The van der Waals surface area contributed by atoms with Crippen LogP contribution in [-0.4, -0.2) is 30.1 Å². The van der Waals surface area contributed by atoms with Gasteiger partial charge in [0.15, 0.2) is 0 Å². The quantitative estimate of drug-likeness (QED) is 0.893. The van der Waals surface area contributed by atoms with Crippen molar-refractivity contribution < 1.29 is 0 Å². The van der Waals surface area contributed by atoms with Crippen LogP contribution in [0.15, 0.2) is 22.7 Å². The fraction of sp³-hybridized carbons (Fsp3) is 0.600. The van der Waals surface area contributed by atoms with Gasteiger partial charge < -0.3 is 10.2 Å². The van der Waals surface area contributed by atoms with Crippen LogP contribution >= 0.6 is 27.7 Å². The third-order valence-electron chi connectivity index (χ3n) is 3.82. The predicted octanol–water partition coefficient (Wildman–Crippen LogP) is 3.89. The second kappa shape index (κ2) is 7.00. The summed E-state index contributed by atoms with van der Waals surface area (Å²) in [5, 5.41) is 4.08. The molecule has 0 aliphatic carbocycles. The molecular weight excluding hydrogens is 320 g/mol. The molecule has 1 saturated heterocycles. The summed E-state index contributed by atoms with van der Waals surface area (Å²) in [5.41, 5.74) is 2.67. The minimum Gasteiger partial charge on any atom is -0.367 e. The molecule has 2 unspecified atom stereocenters. The summed E-state index contributed by atoms with van der Waals surface area (Å²) in [5.74, 6) is 1.22. The average molecular weight is 343 g/mol. The normalized spacial score (nSPS) is 23.7. The van der Waals surface area contributed by atoms with Gasteiger partial charge in [-0.3, -0.25) is 0 Å². The Morgan fingerprint density at radius 2 is 2.21 bits per heavy atom. The van der Waals surface area contributed by atoms with Crippen LogP contribution in [0.5, 0.6) is 0 Å². The third kappa shape index (κ3) is 3.67. The Hall–Kier alpha value is -0.190. The third-order valence-corrected chi connectivity index (χ3v) is 5.89. The second-order valence-electron chi connectivity index (χ2n) is 5.07. The summed E-state index contributed by atoms with van der Waals surface area (Å²) < 4.78 is 1.21. The number of rotatable bonds is 4. The molecule has 1 fully saturated rings. The van der Waals surface area contributed by atoms with Crippen molar-refractivity contribution in [2.24, 2.45) is 0 Å². The smallest absolute Gasteiger partial charge is 0.0380 e. The van der Waals surface area contributed by atoms with Crippen LogP contribution in [0.4, 0.5) is 5.69 Å². The molecule has 0 aromatic heterocycles. The molecule has 19 heavy (non-hydrogen) atoms. The van der Waals surface area contributed by atoms with E-state index in [1.54, 1.807) is 0 Å². The van der Waals surface area contributed by atoms with Crippen LogP contribution in [0.25, 0.3) is 0 Å². The highest BCUT2D eigenvalue weighted by Gasteiger charge is 2.25. The molecule has 1 N–H and O–H groups in total. The predicted molar refractivity (Wildman–Crippen MR) is 90.3 cm³/mol. The number of thioether (sulfide) groups is 1. The van der Waals surface area contributed by atoms with E-state index in [-0.39, 0.29) is 0 Å². The lowest BCUT2D eigenvalue weighted by molar-refractivity contribution is 0.627. The molecule has 4 heteroatoms. The molecule has 0 spiro atoms. The van der Waals surface area contributed by atoms with Crippen molar-refractivity contribution in [2.45, 2.75) is 38.6 Å². The summed E-state index contributed by atoms with van der Waals surface area (Å²) in [6.07, 6.45) is 0. The zero-order valence-corrected chi connectivity index (χ0v) is 14.4. The Bertz CT molecular complexity index is 425. The van der Waals surface area contributed by atoms with Crippen molar-refractivity contribution in [3.05, 3.63) is 28.2 Å². The van der Waals surface area contributed by atoms with E-state index in [0.29, 0.717) is 11.3 Å². The van der Waals surface area contributed by atoms with Gasteiger partial charge in [-0.15, -0.1) is 0 Å². The van der Waals surface area contributed by atoms with E-state index in [4.69, 9.17) is 0 Å². The monoisotopic (exact) mass is 342 g/mol. The number of anilines is 1. The fourth-order valence-electron chi connectivity index (χ4n) is 2.42. The molecule has 2 nitrogen and oxygen atoms in total. The van der Waals surface area contributed by atoms with E-state index in [9.17, 15) is 0 Å². The van der Waals surface area contributed by atoms with Gasteiger partial charge in [0, 0.05) is 40.3 Å². The summed E-state index contributed by atoms with van der Waals surface area (Å²) >= 11 is 5.79. The van der Waals surface area contributed by atoms with Crippen LogP contribution in [0, 0.1) is 0 Å². The van der Waals surface area contributed by atoms with Crippen molar-refractivity contribution in [3.8, 4) is 0 Å². The number of nitrogens with one attached hydrogen (secondary N) is 1. The van der Waals surface area contributed by atoms with Crippen molar-refractivity contribution in [1.29, 1.82) is 0 Å². The molecule has 1 aromatic carbocycles. The van der Waals surface area contributed by atoms with Crippen LogP contribution in [0.1, 0.15) is 26.3 Å². The van der Waals surface area contributed by atoms with Gasteiger partial charge in [0.2, 0.25) is 0 Å². The Labute approximate surface area is 129 Å². The van der Waals surface area contributed by atoms with Gasteiger partial charge in [0.05, 0.1) is 0 Å². The van der Waals surface area contributed by atoms with Crippen molar-refractivity contribution in [1.82, 2.24) is 5.32 Å². The van der Waals surface area contributed by atoms with Crippen LogP contribution in [0.3, 0.4) is 0 Å². The first kappa shape index (κ1) is 15.2. The molecule has 0 saturated carbocycles. The van der Waals surface area contributed by atoms with Gasteiger partial charge >= 0.3 is 0 Å². The van der Waals surface area contributed by atoms with Gasteiger partial charge in [-0.05, 0) is 31.2 Å². The molecular formula is C15H23BrN2S. The molecule has 0 amide bonds. The lowest BCUT2D eigenvalue weighted by Gasteiger charge is -2.39. The number of nitrogens with zero attached hydrogens (tertiary/aromatic N) is 1. The van der Waals surface area contributed by atoms with E-state index >= 15 is 0 Å². The number of halogens is 1. The first-order valence-corrected chi connectivity index (χ1v) is 8.85. The summed E-state index contributed by atoms with van der Waals surface area (Å²) in [6.45, 7) is 9.88. The Morgan fingerprint density at radius 3 is 2.89 bits per heavy atom. The molecule has 0 radical (unpaired) electrons. The summed E-state index contributed by atoms with van der Waals surface area (Å²) in [6, 6.07) is 7.37. The lowest BCUT2D eigenvalue weighted by atomic mass is 10.1. The van der Waals surface area contributed by atoms with E-state index in [0.717, 1.165) is 19.6 Å². The maximum Gasteiger partial charge on any atom is 0.0380 e. The number of benzene rings is 1. The molecule has 1 heterocycles. The maximum absolute atomic E-state index is 3.71. The Morgan fingerprint density at radius 1 is 1.42 bits per heavy atom. The molecule has 1 aromatic rings. The standard InChI is InChI=1S/C15H23BrN2S/c1-4-17-10-13-5-6-14(9-15(13)16)18-7-8-19-12(3)11(18)2/h5-6,9,11-12,17H,4,7-8,10H2,1-3H3. The van der Waals surface area contributed by atoms with E-state index in [1.165, 1.54) is 21.5 Å². The highest BCUT2D eigenvalue weighted by molar-refractivity contribution is 9.10. The van der Waals surface area contributed by atoms with Crippen molar-refractivity contribution >= 4 is 33.4 Å². The molecule has 0 bridgehead atoms. The molecule has 1 aliphatic rings. The zero-order valence-electron chi connectivity index (χ0n) is 11.9. The first-order chi connectivity index (χ1) is 9.13. The average Bonchev–Trinajstić information content (AvgIpc) is 2.40. The van der Waals surface area contributed by atoms with Gasteiger partial charge in [-0.2, -0.15) is 11.8 Å². The molecule has 1 aliphatic heterocycles. The maximum atomic E-state index is 3.71. The van der Waals surface area contributed by atoms with Gasteiger partial charge in [-0.1, -0.05) is 35.8 Å². The largest absolute Gasteiger partial charge is 0.367 e. The zero-order chi connectivity index (χ0) is 13.8. The van der Waals surface area contributed by atoms with Crippen molar-refractivity contribution in [2.75, 3.05) is 23.7 Å². The van der Waals surface area contributed by atoms with Crippen LogP contribution in [-0.2, 0) is 6.54 Å². The van der Waals surface area contributed by atoms with Crippen molar-refractivity contribution in [3.63, 3.8) is 0 Å². The first-order valence-electron chi connectivity index (χ1n) is 7.01. The Balaban J connectivity index is 2.14. The second-order valence-corrected chi connectivity index (χ2v) is 7.41. The lowest BCUT2D eigenvalue weighted by Crippen LogP contribution is -2.44. The van der Waals surface area contributed by atoms with Crippen LogP contribution in [0.2, 0.25) is 0 Å². The minimum atomic E-state index is 0.602. The van der Waals surface area contributed by atoms with E-state index in [1.807, 2.05) is 0 Å². The van der Waals surface area contributed by atoms with Gasteiger partial charge in [0.1, 0.15) is 0 Å². The minimum absolute atomic E-state index is 0.602.